The first-order valence-electron chi connectivity index (χ1n) is 18.8. The zero-order chi connectivity index (χ0) is 37.7. The second-order valence-electron chi connectivity index (χ2n) is 15.2. The lowest BCUT2D eigenvalue weighted by Crippen LogP contribution is -2.52. The molecule has 2 saturated heterocycles. The number of carbonyl (C=O) groups is 4. The van der Waals surface area contributed by atoms with Crippen LogP contribution in [0.3, 0.4) is 0 Å². The molecular formula is C39H45FN10O4. The Kier molecular flexibility index (Phi) is 9.50. The lowest BCUT2D eigenvalue weighted by molar-refractivity contribution is -0.136. The molecule has 3 fully saturated rings. The SMILES string of the molecule is CN(C)C(=O)c1cc2cnc(Nc3ccc(N4CCC(N(C)Cc5cc(F)c6c(c5)CN(C5CCC(=O)NC5=O)C6=O)CC4)cn3)nc2n1C1CCCC1. The van der Waals surface area contributed by atoms with Crippen LogP contribution in [0.5, 0.6) is 0 Å². The van der Waals surface area contributed by atoms with Crippen LogP contribution in [0.4, 0.5) is 21.8 Å². The van der Waals surface area contributed by atoms with Crippen molar-refractivity contribution in [2.45, 2.75) is 82.6 Å². The van der Waals surface area contributed by atoms with E-state index in [1.54, 1.807) is 25.2 Å². The van der Waals surface area contributed by atoms with Gasteiger partial charge in [-0.05, 0) is 74.5 Å². The monoisotopic (exact) mass is 736 g/mol. The van der Waals surface area contributed by atoms with Crippen LogP contribution in [0.15, 0.2) is 42.7 Å². The van der Waals surface area contributed by atoms with Gasteiger partial charge >= 0.3 is 0 Å². The molecule has 8 rings (SSSR count). The maximum Gasteiger partial charge on any atom is 0.270 e. The average molecular weight is 737 g/mol. The number of anilines is 3. The van der Waals surface area contributed by atoms with Crippen molar-refractivity contribution in [2.75, 3.05) is 44.4 Å². The lowest BCUT2D eigenvalue weighted by atomic mass is 10.0. The number of aromatic nitrogens is 4. The molecule has 15 heteroatoms. The second kappa shape index (κ2) is 14.4. The Morgan fingerprint density at radius 2 is 1.76 bits per heavy atom. The molecule has 1 aromatic carbocycles. The summed E-state index contributed by atoms with van der Waals surface area (Å²) in [6, 6.07) is 8.90. The van der Waals surface area contributed by atoms with Crippen LogP contribution in [0.2, 0.25) is 0 Å². The van der Waals surface area contributed by atoms with Crippen molar-refractivity contribution in [3.05, 3.63) is 70.9 Å². The number of carbonyl (C=O) groups excluding carboxylic acids is 4. The second-order valence-corrected chi connectivity index (χ2v) is 15.2. The largest absolute Gasteiger partial charge is 0.370 e. The Bertz CT molecular complexity index is 2120. The van der Waals surface area contributed by atoms with E-state index < -0.39 is 23.7 Å². The van der Waals surface area contributed by atoms with Gasteiger partial charge in [-0.3, -0.25) is 29.4 Å². The van der Waals surface area contributed by atoms with E-state index in [-0.39, 0.29) is 48.8 Å². The number of hydrogen-bond acceptors (Lipinski definition) is 10. The fraction of sp³-hybridized carbons (Fsp3) is 0.462. The van der Waals surface area contributed by atoms with Gasteiger partial charge < -0.3 is 24.6 Å². The van der Waals surface area contributed by atoms with Gasteiger partial charge in [-0.1, -0.05) is 18.9 Å². The maximum absolute atomic E-state index is 15.3. The molecule has 0 spiro atoms. The number of halogens is 1. The van der Waals surface area contributed by atoms with Gasteiger partial charge in [-0.2, -0.15) is 4.98 Å². The first-order chi connectivity index (χ1) is 26.0. The van der Waals surface area contributed by atoms with Crippen LogP contribution in [-0.4, -0.2) is 104 Å². The van der Waals surface area contributed by atoms with E-state index in [1.165, 1.54) is 11.0 Å². The van der Waals surface area contributed by atoms with Gasteiger partial charge in [0.1, 0.15) is 29.0 Å². The summed E-state index contributed by atoms with van der Waals surface area (Å²) in [5, 5.41) is 6.38. The Labute approximate surface area is 312 Å². The Morgan fingerprint density at radius 1 is 0.981 bits per heavy atom. The number of rotatable bonds is 9. The molecule has 0 radical (unpaired) electrons. The molecule has 1 aliphatic carbocycles. The normalized spacial score (nSPS) is 19.6. The quantitative estimate of drug-likeness (QED) is 0.237. The minimum Gasteiger partial charge on any atom is -0.370 e. The molecule has 14 nitrogen and oxygen atoms in total. The fourth-order valence-corrected chi connectivity index (χ4v) is 8.55. The van der Waals surface area contributed by atoms with Crippen LogP contribution in [0.25, 0.3) is 11.0 Å². The van der Waals surface area contributed by atoms with E-state index >= 15 is 4.39 Å². The van der Waals surface area contributed by atoms with Gasteiger partial charge in [0, 0.05) is 70.4 Å². The van der Waals surface area contributed by atoms with Crippen LogP contribution in [-0.2, 0) is 22.7 Å². The number of amides is 4. The fourth-order valence-electron chi connectivity index (χ4n) is 8.55. The van der Waals surface area contributed by atoms with Crippen LogP contribution in [0, 0.1) is 5.82 Å². The summed E-state index contributed by atoms with van der Waals surface area (Å²) in [5.74, 6) is -0.939. The predicted octanol–water partition coefficient (Wildman–Crippen LogP) is 4.39. The van der Waals surface area contributed by atoms with Crippen molar-refractivity contribution in [3.63, 3.8) is 0 Å². The first kappa shape index (κ1) is 35.6. The highest BCUT2D eigenvalue weighted by Crippen LogP contribution is 2.35. The predicted molar refractivity (Wildman–Crippen MR) is 200 cm³/mol. The van der Waals surface area contributed by atoms with Crippen molar-refractivity contribution in [1.82, 2.24) is 39.5 Å². The lowest BCUT2D eigenvalue weighted by Gasteiger charge is -2.37. The summed E-state index contributed by atoms with van der Waals surface area (Å²) in [4.78, 5) is 71.7. The van der Waals surface area contributed by atoms with E-state index in [0.717, 1.165) is 73.9 Å². The van der Waals surface area contributed by atoms with Gasteiger partial charge in [0.05, 0.1) is 17.4 Å². The van der Waals surface area contributed by atoms with E-state index in [0.29, 0.717) is 29.6 Å². The highest BCUT2D eigenvalue weighted by Gasteiger charge is 2.40. The number of benzene rings is 1. The first-order valence-corrected chi connectivity index (χ1v) is 18.8. The van der Waals surface area contributed by atoms with Gasteiger partial charge in [-0.15, -0.1) is 0 Å². The number of imide groups is 1. The zero-order valence-electron chi connectivity index (χ0n) is 30.8. The van der Waals surface area contributed by atoms with Crippen molar-refractivity contribution in [3.8, 4) is 0 Å². The Morgan fingerprint density at radius 3 is 2.46 bits per heavy atom. The smallest absolute Gasteiger partial charge is 0.270 e. The molecule has 2 N–H and O–H groups in total. The number of fused-ring (bicyclic) bond motifs is 2. The van der Waals surface area contributed by atoms with Crippen molar-refractivity contribution >= 4 is 52.1 Å². The van der Waals surface area contributed by atoms with Crippen LogP contribution >= 0.6 is 0 Å². The molecule has 3 aromatic heterocycles. The molecule has 1 unspecified atom stereocenters. The third-order valence-electron chi connectivity index (χ3n) is 11.4. The molecule has 1 saturated carbocycles. The molecule has 6 heterocycles. The molecule has 282 valence electrons. The number of piperidine rings is 2. The van der Waals surface area contributed by atoms with Crippen molar-refractivity contribution in [1.29, 1.82) is 0 Å². The minimum absolute atomic E-state index is 0.0178. The van der Waals surface area contributed by atoms with Crippen LogP contribution < -0.4 is 15.5 Å². The van der Waals surface area contributed by atoms with E-state index in [2.05, 4.69) is 35.0 Å². The molecule has 54 heavy (non-hydrogen) atoms. The summed E-state index contributed by atoms with van der Waals surface area (Å²) in [6.07, 6.45) is 10.2. The van der Waals surface area contributed by atoms with Gasteiger partial charge in [-0.25, -0.2) is 14.4 Å². The summed E-state index contributed by atoms with van der Waals surface area (Å²) in [6.45, 7) is 2.34. The topological polar surface area (TPSA) is 149 Å². The third-order valence-corrected chi connectivity index (χ3v) is 11.4. The average Bonchev–Trinajstić information content (AvgIpc) is 3.89. The Balaban J connectivity index is 0.878. The summed E-state index contributed by atoms with van der Waals surface area (Å²) in [5.41, 5.74) is 3.78. The van der Waals surface area contributed by atoms with Crippen molar-refractivity contribution in [2.24, 2.45) is 0 Å². The van der Waals surface area contributed by atoms with Gasteiger partial charge in [0.2, 0.25) is 17.8 Å². The number of hydrogen-bond donors (Lipinski definition) is 2. The van der Waals surface area contributed by atoms with Gasteiger partial charge in [0.25, 0.3) is 11.8 Å². The van der Waals surface area contributed by atoms with Gasteiger partial charge in [0.15, 0.2) is 0 Å². The molecule has 4 aliphatic rings. The molecule has 0 bridgehead atoms. The van der Waals surface area contributed by atoms with E-state index in [1.807, 2.05) is 37.5 Å². The minimum atomic E-state index is -0.777. The Hall–Kier alpha value is -5.44. The molecule has 3 aliphatic heterocycles. The molecule has 1 atom stereocenters. The number of nitrogens with zero attached hydrogens (tertiary/aromatic N) is 8. The molecule has 4 amide bonds. The number of pyridine rings is 1. The van der Waals surface area contributed by atoms with Crippen LogP contribution in [0.1, 0.15) is 89.4 Å². The highest BCUT2D eigenvalue weighted by molar-refractivity contribution is 6.05. The number of nitrogens with one attached hydrogen (secondary N) is 2. The maximum atomic E-state index is 15.3. The van der Waals surface area contributed by atoms with E-state index in [9.17, 15) is 19.2 Å². The van der Waals surface area contributed by atoms with Crippen molar-refractivity contribution < 1.29 is 23.6 Å². The zero-order valence-corrected chi connectivity index (χ0v) is 30.8. The summed E-state index contributed by atoms with van der Waals surface area (Å²) in [7, 11) is 5.57. The molecular weight excluding hydrogens is 691 g/mol. The standard InChI is InChI=1S/C39H45FN10O4/c1-46(2)37(53)31-18-24-19-42-39(45-35(24)50(31)27-6-4-5-7-27)43-32-10-8-28(20-41-32)48-14-12-26(13-15-48)47(3)21-23-16-25-22-49(38(54)34(25)29(40)17-23)30-9-11-33(51)44-36(30)52/h8,10,16-20,26-27,30H,4-7,9,11-15,21-22H2,1-3H3,(H,44,51,52)(H,41,42,43,45). The summed E-state index contributed by atoms with van der Waals surface area (Å²) < 4.78 is 17.4. The highest BCUT2D eigenvalue weighted by atomic mass is 19.1. The third kappa shape index (κ3) is 6.76. The summed E-state index contributed by atoms with van der Waals surface area (Å²) >= 11 is 0. The molecule has 4 aromatic rings. The van der Waals surface area contributed by atoms with E-state index in [4.69, 9.17) is 4.98 Å².